The summed E-state index contributed by atoms with van der Waals surface area (Å²) in [5.74, 6) is 1.70. The SMILES string of the molecule is O=C1COCCN1CC1CSc2ccccc21. The van der Waals surface area contributed by atoms with Gasteiger partial charge in [-0.05, 0) is 11.6 Å². The third-order valence-electron chi connectivity index (χ3n) is 3.32. The number of thioether (sulfide) groups is 1. The minimum absolute atomic E-state index is 0.130. The Bertz CT molecular complexity index is 435. The predicted molar refractivity (Wildman–Crippen MR) is 67.3 cm³/mol. The van der Waals surface area contributed by atoms with E-state index in [-0.39, 0.29) is 12.5 Å². The standard InChI is InChI=1S/C13H15NO2S/c15-13-8-16-6-5-14(13)7-10-9-17-12-4-2-1-3-11(10)12/h1-4,10H,5-9H2. The summed E-state index contributed by atoms with van der Waals surface area (Å²) in [4.78, 5) is 15.0. The summed E-state index contributed by atoms with van der Waals surface area (Å²) in [6.07, 6.45) is 0. The minimum Gasteiger partial charge on any atom is -0.370 e. The Morgan fingerprint density at radius 2 is 2.29 bits per heavy atom. The van der Waals surface area contributed by atoms with Crippen LogP contribution in [0.4, 0.5) is 0 Å². The van der Waals surface area contributed by atoms with Gasteiger partial charge in [0.1, 0.15) is 6.61 Å². The van der Waals surface area contributed by atoms with E-state index >= 15 is 0 Å². The molecule has 2 heterocycles. The summed E-state index contributed by atoms with van der Waals surface area (Å²) >= 11 is 1.90. The molecule has 1 unspecified atom stereocenters. The van der Waals surface area contributed by atoms with Crippen molar-refractivity contribution in [2.75, 3.05) is 32.1 Å². The van der Waals surface area contributed by atoms with E-state index in [1.807, 2.05) is 16.7 Å². The van der Waals surface area contributed by atoms with Crippen molar-refractivity contribution >= 4 is 17.7 Å². The molecule has 3 nitrogen and oxygen atoms in total. The number of nitrogens with zero attached hydrogens (tertiary/aromatic N) is 1. The topological polar surface area (TPSA) is 29.5 Å². The molecule has 1 aromatic rings. The lowest BCUT2D eigenvalue weighted by Crippen LogP contribution is -2.43. The second-order valence-electron chi connectivity index (χ2n) is 4.44. The van der Waals surface area contributed by atoms with Gasteiger partial charge in [-0.2, -0.15) is 0 Å². The Morgan fingerprint density at radius 1 is 1.41 bits per heavy atom. The molecule has 0 radical (unpaired) electrons. The highest BCUT2D eigenvalue weighted by atomic mass is 32.2. The van der Waals surface area contributed by atoms with Crippen molar-refractivity contribution in [3.05, 3.63) is 29.8 Å². The molecule has 0 bridgehead atoms. The average Bonchev–Trinajstić information content (AvgIpc) is 2.76. The molecule has 0 N–H and O–H groups in total. The van der Waals surface area contributed by atoms with Gasteiger partial charge in [0.2, 0.25) is 5.91 Å². The summed E-state index contributed by atoms with van der Waals surface area (Å²) in [6.45, 7) is 2.50. The molecule has 1 amide bonds. The number of ether oxygens (including phenoxy) is 1. The van der Waals surface area contributed by atoms with E-state index in [2.05, 4.69) is 24.3 Å². The van der Waals surface area contributed by atoms with Crippen LogP contribution in [-0.4, -0.2) is 42.9 Å². The number of amides is 1. The molecule has 1 saturated heterocycles. The zero-order chi connectivity index (χ0) is 11.7. The van der Waals surface area contributed by atoms with Gasteiger partial charge in [0.25, 0.3) is 0 Å². The van der Waals surface area contributed by atoms with Gasteiger partial charge < -0.3 is 9.64 Å². The van der Waals surface area contributed by atoms with Crippen molar-refractivity contribution < 1.29 is 9.53 Å². The smallest absolute Gasteiger partial charge is 0.248 e. The lowest BCUT2D eigenvalue weighted by atomic mass is 10.0. The maximum absolute atomic E-state index is 11.7. The molecule has 4 heteroatoms. The van der Waals surface area contributed by atoms with Crippen LogP contribution in [0.1, 0.15) is 11.5 Å². The van der Waals surface area contributed by atoms with E-state index in [0.29, 0.717) is 12.5 Å². The molecule has 0 spiro atoms. The second-order valence-corrected chi connectivity index (χ2v) is 5.50. The van der Waals surface area contributed by atoms with Crippen LogP contribution in [0.5, 0.6) is 0 Å². The monoisotopic (exact) mass is 249 g/mol. The molecular formula is C13H15NO2S. The fourth-order valence-electron chi connectivity index (χ4n) is 2.39. The Balaban J connectivity index is 1.72. The zero-order valence-electron chi connectivity index (χ0n) is 9.59. The number of rotatable bonds is 2. The van der Waals surface area contributed by atoms with Gasteiger partial charge >= 0.3 is 0 Å². The highest BCUT2D eigenvalue weighted by Crippen LogP contribution is 2.39. The summed E-state index contributed by atoms with van der Waals surface area (Å²) in [6, 6.07) is 8.51. The summed E-state index contributed by atoms with van der Waals surface area (Å²) < 4.78 is 5.15. The van der Waals surface area contributed by atoms with Crippen LogP contribution in [0.15, 0.2) is 29.2 Å². The highest BCUT2D eigenvalue weighted by Gasteiger charge is 2.27. The van der Waals surface area contributed by atoms with E-state index < -0.39 is 0 Å². The van der Waals surface area contributed by atoms with E-state index in [1.54, 1.807) is 0 Å². The van der Waals surface area contributed by atoms with Crippen LogP contribution in [0.3, 0.4) is 0 Å². The van der Waals surface area contributed by atoms with Crippen molar-refractivity contribution in [1.82, 2.24) is 4.90 Å². The molecule has 90 valence electrons. The maximum atomic E-state index is 11.7. The van der Waals surface area contributed by atoms with Crippen molar-refractivity contribution in [3.8, 4) is 0 Å². The first-order valence-electron chi connectivity index (χ1n) is 5.92. The van der Waals surface area contributed by atoms with Gasteiger partial charge in [-0.1, -0.05) is 18.2 Å². The zero-order valence-corrected chi connectivity index (χ0v) is 10.4. The van der Waals surface area contributed by atoms with Crippen LogP contribution >= 0.6 is 11.8 Å². The van der Waals surface area contributed by atoms with E-state index in [1.165, 1.54) is 10.5 Å². The molecule has 1 atom stereocenters. The van der Waals surface area contributed by atoms with Gasteiger partial charge in [0.05, 0.1) is 6.61 Å². The highest BCUT2D eigenvalue weighted by molar-refractivity contribution is 7.99. The number of benzene rings is 1. The number of fused-ring (bicyclic) bond motifs is 1. The third-order valence-corrected chi connectivity index (χ3v) is 4.58. The van der Waals surface area contributed by atoms with Gasteiger partial charge in [-0.25, -0.2) is 0 Å². The Labute approximate surface area is 105 Å². The Hall–Kier alpha value is -1.00. The normalized spacial score (nSPS) is 23.9. The lowest BCUT2D eigenvalue weighted by Gasteiger charge is -2.29. The summed E-state index contributed by atoms with van der Waals surface area (Å²) in [5, 5.41) is 0. The molecular weight excluding hydrogens is 234 g/mol. The summed E-state index contributed by atoms with van der Waals surface area (Å²) in [5.41, 5.74) is 1.40. The van der Waals surface area contributed by atoms with Gasteiger partial charge in [0, 0.05) is 29.7 Å². The van der Waals surface area contributed by atoms with Crippen LogP contribution in [0.25, 0.3) is 0 Å². The Morgan fingerprint density at radius 3 is 3.18 bits per heavy atom. The number of hydrogen-bond acceptors (Lipinski definition) is 3. The average molecular weight is 249 g/mol. The van der Waals surface area contributed by atoms with Crippen LogP contribution in [-0.2, 0) is 9.53 Å². The quantitative estimate of drug-likeness (QED) is 0.799. The third kappa shape index (κ3) is 2.19. The number of carbonyl (C=O) groups excluding carboxylic acids is 1. The van der Waals surface area contributed by atoms with Gasteiger partial charge in [-0.3, -0.25) is 4.79 Å². The molecule has 0 aliphatic carbocycles. The van der Waals surface area contributed by atoms with E-state index in [9.17, 15) is 4.79 Å². The van der Waals surface area contributed by atoms with E-state index in [0.717, 1.165) is 18.8 Å². The maximum Gasteiger partial charge on any atom is 0.248 e. The fraction of sp³-hybridized carbons (Fsp3) is 0.462. The first-order chi connectivity index (χ1) is 8.34. The van der Waals surface area contributed by atoms with Crippen molar-refractivity contribution in [3.63, 3.8) is 0 Å². The number of morpholine rings is 1. The first-order valence-corrected chi connectivity index (χ1v) is 6.90. The van der Waals surface area contributed by atoms with Crippen molar-refractivity contribution in [2.45, 2.75) is 10.8 Å². The van der Waals surface area contributed by atoms with Crippen molar-refractivity contribution in [1.29, 1.82) is 0 Å². The molecule has 2 aliphatic rings. The lowest BCUT2D eigenvalue weighted by molar-refractivity contribution is -0.142. The van der Waals surface area contributed by atoms with E-state index in [4.69, 9.17) is 4.74 Å². The predicted octanol–water partition coefficient (Wildman–Crippen LogP) is 1.73. The van der Waals surface area contributed by atoms with Crippen LogP contribution in [0, 0.1) is 0 Å². The van der Waals surface area contributed by atoms with Gasteiger partial charge in [0.15, 0.2) is 0 Å². The minimum atomic E-state index is 0.130. The Kier molecular flexibility index (Phi) is 3.07. The molecule has 0 saturated carbocycles. The summed E-state index contributed by atoms with van der Waals surface area (Å²) in [7, 11) is 0. The molecule has 0 aromatic heterocycles. The largest absolute Gasteiger partial charge is 0.370 e. The second kappa shape index (κ2) is 4.70. The molecule has 1 fully saturated rings. The van der Waals surface area contributed by atoms with Gasteiger partial charge in [-0.15, -0.1) is 11.8 Å². The van der Waals surface area contributed by atoms with Crippen LogP contribution in [0.2, 0.25) is 0 Å². The molecule has 2 aliphatic heterocycles. The molecule has 3 rings (SSSR count). The molecule has 1 aromatic carbocycles. The number of carbonyl (C=O) groups is 1. The van der Waals surface area contributed by atoms with Crippen LogP contribution < -0.4 is 0 Å². The van der Waals surface area contributed by atoms with Crippen molar-refractivity contribution in [2.24, 2.45) is 0 Å². The number of hydrogen-bond donors (Lipinski definition) is 0. The first kappa shape index (κ1) is 11.1. The fourth-order valence-corrected chi connectivity index (χ4v) is 3.63. The molecule has 17 heavy (non-hydrogen) atoms.